The third-order valence-corrected chi connectivity index (χ3v) is 5.65. The Morgan fingerprint density at radius 3 is 2.46 bits per heavy atom. The summed E-state index contributed by atoms with van der Waals surface area (Å²) >= 11 is 0. The molecule has 0 unspecified atom stereocenters. The largest absolute Gasteiger partial charge is 0.416 e. The number of rotatable bonds is 4. The summed E-state index contributed by atoms with van der Waals surface area (Å²) in [5.74, 6) is -0.480. The van der Waals surface area contributed by atoms with Gasteiger partial charge in [0.05, 0.1) is 17.0 Å². The highest BCUT2D eigenvalue weighted by molar-refractivity contribution is 6.04. The van der Waals surface area contributed by atoms with Crippen LogP contribution in [0.5, 0.6) is 0 Å². The van der Waals surface area contributed by atoms with E-state index in [-0.39, 0.29) is 54.6 Å². The van der Waals surface area contributed by atoms with Crippen molar-refractivity contribution in [2.24, 2.45) is 0 Å². The third kappa shape index (κ3) is 6.04. The number of nitrogens with one attached hydrogen (secondary N) is 2. The number of amides is 1. The van der Waals surface area contributed by atoms with Crippen molar-refractivity contribution in [1.82, 2.24) is 30.0 Å². The maximum atomic E-state index is 12.9. The van der Waals surface area contributed by atoms with Crippen molar-refractivity contribution in [3.05, 3.63) is 60.0 Å². The van der Waals surface area contributed by atoms with Crippen molar-refractivity contribution in [1.29, 1.82) is 0 Å². The second-order valence-electron chi connectivity index (χ2n) is 7.86. The monoisotopic (exact) mass is 576 g/mol. The molecule has 4 N–H and O–H groups in total. The molecule has 5 rings (SSSR count). The summed E-state index contributed by atoms with van der Waals surface area (Å²) in [6.07, 6.45) is -1.23. The number of nitrogens with two attached hydrogens (primary N) is 1. The summed E-state index contributed by atoms with van der Waals surface area (Å²) in [7, 11) is 0. The molecular formula is C22H22Cl3F3N8O. The van der Waals surface area contributed by atoms with E-state index in [9.17, 15) is 18.0 Å². The molecule has 37 heavy (non-hydrogen) atoms. The molecule has 1 aliphatic rings. The van der Waals surface area contributed by atoms with E-state index < -0.39 is 17.6 Å². The summed E-state index contributed by atoms with van der Waals surface area (Å²) in [4.78, 5) is 24.8. The molecule has 1 aliphatic heterocycles. The number of hydrogen-bond acceptors (Lipinski definition) is 7. The molecule has 198 valence electrons. The molecule has 1 saturated heterocycles. The zero-order valence-corrected chi connectivity index (χ0v) is 21.3. The Morgan fingerprint density at radius 2 is 1.81 bits per heavy atom. The van der Waals surface area contributed by atoms with Crippen LogP contribution in [0.25, 0.3) is 22.3 Å². The van der Waals surface area contributed by atoms with Crippen LogP contribution < -0.4 is 16.4 Å². The Labute approximate surface area is 227 Å². The van der Waals surface area contributed by atoms with E-state index >= 15 is 0 Å². The van der Waals surface area contributed by atoms with Gasteiger partial charge in [-0.1, -0.05) is 12.1 Å². The molecule has 15 heteroatoms. The number of nitrogens with zero attached hydrogens (tertiary/aromatic N) is 5. The molecule has 4 aromatic rings. The number of nitrogen functional groups attached to an aromatic ring is 1. The van der Waals surface area contributed by atoms with Crippen molar-refractivity contribution in [3.8, 4) is 11.3 Å². The van der Waals surface area contributed by atoms with Crippen LogP contribution in [0.4, 0.5) is 24.8 Å². The lowest BCUT2D eigenvalue weighted by Gasteiger charge is -2.09. The quantitative estimate of drug-likeness (QED) is 0.325. The van der Waals surface area contributed by atoms with E-state index in [4.69, 9.17) is 10.8 Å². The van der Waals surface area contributed by atoms with Crippen LogP contribution in [0, 0.1) is 0 Å². The number of anilines is 2. The second-order valence-corrected chi connectivity index (χ2v) is 7.86. The van der Waals surface area contributed by atoms with Gasteiger partial charge in [-0.2, -0.15) is 18.3 Å². The Morgan fingerprint density at radius 1 is 1.08 bits per heavy atom. The fraction of sp³-hybridized carbons (Fsp3) is 0.227. The van der Waals surface area contributed by atoms with E-state index in [0.717, 1.165) is 37.8 Å². The first-order chi connectivity index (χ1) is 16.3. The lowest BCUT2D eigenvalue weighted by molar-refractivity contribution is -0.137. The molecule has 4 heterocycles. The minimum Gasteiger partial charge on any atom is -0.383 e. The van der Waals surface area contributed by atoms with E-state index in [0.29, 0.717) is 28.1 Å². The number of carbonyl (C=O) groups is 1. The number of fused-ring (bicyclic) bond motifs is 1. The van der Waals surface area contributed by atoms with Gasteiger partial charge in [0.15, 0.2) is 5.65 Å². The molecule has 0 spiro atoms. The summed E-state index contributed by atoms with van der Waals surface area (Å²) in [5, 5.41) is 11.1. The summed E-state index contributed by atoms with van der Waals surface area (Å²) in [5.41, 5.74) is 7.41. The van der Waals surface area contributed by atoms with Crippen molar-refractivity contribution in [3.63, 3.8) is 0 Å². The van der Waals surface area contributed by atoms with Gasteiger partial charge in [0.1, 0.15) is 23.7 Å². The van der Waals surface area contributed by atoms with Crippen molar-refractivity contribution in [2.75, 3.05) is 24.1 Å². The highest BCUT2D eigenvalue weighted by Crippen LogP contribution is 2.33. The lowest BCUT2D eigenvalue weighted by Crippen LogP contribution is -2.15. The Kier molecular flexibility index (Phi) is 9.66. The molecule has 9 nitrogen and oxygen atoms in total. The predicted molar refractivity (Wildman–Crippen MR) is 141 cm³/mol. The van der Waals surface area contributed by atoms with Crippen LogP contribution in [-0.2, 0) is 6.18 Å². The van der Waals surface area contributed by atoms with Gasteiger partial charge in [0.2, 0.25) is 0 Å². The molecule has 1 atom stereocenters. The van der Waals surface area contributed by atoms with Gasteiger partial charge in [0.25, 0.3) is 5.91 Å². The minimum absolute atomic E-state index is 0. The van der Waals surface area contributed by atoms with Crippen LogP contribution in [-0.4, -0.2) is 43.7 Å². The standard InChI is InChI=1S/C22H19F3N8O.3ClH/c23-22(24,25)14-5-8-28-16(9-14)31-21(34)13-3-1-12(2-4-13)18-17-19(26)29-11-30-20(17)33(32-18)15-6-7-27-10-15;;;/h1-5,8-9,11,15,27H,6-7,10H2,(H2,26,29,30)(H,28,31,34);3*1H/t15-;;;/m1.../s1. The van der Waals surface area contributed by atoms with Gasteiger partial charge in [-0.3, -0.25) is 4.79 Å². The van der Waals surface area contributed by atoms with E-state index in [1.165, 1.54) is 6.33 Å². The second kappa shape index (κ2) is 11.9. The Bertz CT molecular complexity index is 1380. The molecule has 0 radical (unpaired) electrons. The van der Waals surface area contributed by atoms with Crippen LogP contribution in [0.15, 0.2) is 48.9 Å². The zero-order chi connectivity index (χ0) is 23.9. The molecule has 0 aliphatic carbocycles. The van der Waals surface area contributed by atoms with Gasteiger partial charge in [-0.15, -0.1) is 37.2 Å². The zero-order valence-electron chi connectivity index (χ0n) is 18.9. The number of benzene rings is 1. The number of aromatic nitrogens is 5. The van der Waals surface area contributed by atoms with E-state index in [1.54, 1.807) is 24.3 Å². The minimum atomic E-state index is -4.53. The summed E-state index contributed by atoms with van der Waals surface area (Å²) in [6.45, 7) is 1.65. The van der Waals surface area contributed by atoms with Gasteiger partial charge in [0, 0.05) is 23.9 Å². The molecule has 1 fully saturated rings. The van der Waals surface area contributed by atoms with Crippen molar-refractivity contribution >= 4 is 65.8 Å². The average molecular weight is 578 g/mol. The van der Waals surface area contributed by atoms with Crippen LogP contribution in [0.3, 0.4) is 0 Å². The predicted octanol–water partition coefficient (Wildman–Crippen LogP) is 4.54. The van der Waals surface area contributed by atoms with Crippen LogP contribution >= 0.6 is 37.2 Å². The average Bonchev–Trinajstić information content (AvgIpc) is 3.47. The summed E-state index contributed by atoms with van der Waals surface area (Å²) < 4.78 is 40.6. The van der Waals surface area contributed by atoms with Gasteiger partial charge < -0.3 is 16.4 Å². The SMILES string of the molecule is Cl.Cl.Cl.Nc1ncnc2c1c(-c1ccc(C(=O)Nc3cc(C(F)(F)F)ccn3)cc1)nn2[C@@H]1CCNC1. The first kappa shape index (κ1) is 30.0. The lowest BCUT2D eigenvalue weighted by atomic mass is 10.1. The number of alkyl halides is 3. The van der Waals surface area contributed by atoms with Gasteiger partial charge in [-0.25, -0.2) is 19.6 Å². The number of carbonyl (C=O) groups excluding carboxylic acids is 1. The van der Waals surface area contributed by atoms with Crippen molar-refractivity contribution in [2.45, 2.75) is 18.6 Å². The molecule has 1 aromatic carbocycles. The normalized spacial score (nSPS) is 14.8. The topological polar surface area (TPSA) is 124 Å². The van der Waals surface area contributed by atoms with Crippen LogP contribution in [0.1, 0.15) is 28.4 Å². The highest BCUT2D eigenvalue weighted by Gasteiger charge is 2.31. The van der Waals surface area contributed by atoms with Crippen LogP contribution in [0.2, 0.25) is 0 Å². The number of halogens is 6. The molecule has 3 aromatic heterocycles. The first-order valence-corrected chi connectivity index (χ1v) is 10.5. The Balaban J connectivity index is 0.00000160. The smallest absolute Gasteiger partial charge is 0.383 e. The van der Waals surface area contributed by atoms with Gasteiger partial charge >= 0.3 is 6.18 Å². The van der Waals surface area contributed by atoms with Crippen molar-refractivity contribution < 1.29 is 18.0 Å². The van der Waals surface area contributed by atoms with Gasteiger partial charge in [-0.05, 0) is 37.2 Å². The molecule has 0 saturated carbocycles. The molecular weight excluding hydrogens is 556 g/mol. The summed E-state index contributed by atoms with van der Waals surface area (Å²) in [6, 6.07) is 8.26. The molecule has 1 amide bonds. The third-order valence-electron chi connectivity index (χ3n) is 5.65. The maximum Gasteiger partial charge on any atom is 0.416 e. The fourth-order valence-corrected chi connectivity index (χ4v) is 3.94. The fourth-order valence-electron chi connectivity index (χ4n) is 3.94. The Hall–Kier alpha value is -3.19. The highest BCUT2D eigenvalue weighted by atomic mass is 35.5. The number of pyridine rings is 1. The van der Waals surface area contributed by atoms with E-state index in [1.807, 2.05) is 4.68 Å². The van der Waals surface area contributed by atoms with E-state index in [2.05, 4.69) is 25.6 Å². The maximum absolute atomic E-state index is 12.9. The number of hydrogen-bond donors (Lipinski definition) is 3. The first-order valence-electron chi connectivity index (χ1n) is 10.5. The molecule has 0 bridgehead atoms.